The van der Waals surface area contributed by atoms with Gasteiger partial charge in [-0.05, 0) is 29.7 Å². The third kappa shape index (κ3) is 3.08. The summed E-state index contributed by atoms with van der Waals surface area (Å²) in [6.45, 7) is 4.44. The predicted molar refractivity (Wildman–Crippen MR) is 84.6 cm³/mol. The van der Waals surface area contributed by atoms with Crippen molar-refractivity contribution < 1.29 is 0 Å². The molecule has 0 aliphatic rings. The van der Waals surface area contributed by atoms with Crippen LogP contribution in [0.5, 0.6) is 0 Å². The summed E-state index contributed by atoms with van der Waals surface area (Å²) >= 11 is 0. The number of para-hydroxylation sites is 3. The van der Waals surface area contributed by atoms with Crippen LogP contribution in [0.1, 0.15) is 25.3 Å². The molecule has 0 aromatic heterocycles. The van der Waals surface area contributed by atoms with Crippen LogP contribution in [-0.4, -0.2) is 14.1 Å². The Kier molecular flexibility index (Phi) is 4.10. The molecule has 19 heavy (non-hydrogen) atoms. The van der Waals surface area contributed by atoms with E-state index in [1.807, 2.05) is 0 Å². The predicted octanol–water partition coefficient (Wildman–Crippen LogP) is 4.62. The van der Waals surface area contributed by atoms with Gasteiger partial charge in [-0.3, -0.25) is 0 Å². The van der Waals surface area contributed by atoms with Crippen LogP contribution in [0.3, 0.4) is 0 Å². The van der Waals surface area contributed by atoms with Gasteiger partial charge in [-0.15, -0.1) is 0 Å². The van der Waals surface area contributed by atoms with Crippen LogP contribution < -0.4 is 10.2 Å². The van der Waals surface area contributed by atoms with Crippen LogP contribution in [-0.2, 0) is 0 Å². The first-order valence-electron chi connectivity index (χ1n) is 6.72. The van der Waals surface area contributed by atoms with Crippen LogP contribution in [0.15, 0.2) is 48.5 Å². The molecule has 0 aliphatic carbocycles. The molecule has 2 rings (SSSR count). The second-order valence-electron chi connectivity index (χ2n) is 5.28. The summed E-state index contributed by atoms with van der Waals surface area (Å²) < 4.78 is 0. The summed E-state index contributed by atoms with van der Waals surface area (Å²) in [6.07, 6.45) is 0. The Bertz CT molecular complexity index is 495. The molecule has 0 fully saturated rings. The average Bonchev–Trinajstić information content (AvgIpc) is 2.39. The van der Waals surface area contributed by atoms with Crippen LogP contribution in [0, 0.1) is 0 Å². The highest BCUT2D eigenvalue weighted by Gasteiger charge is 2.08. The fourth-order valence-corrected chi connectivity index (χ4v) is 2.23. The molecule has 0 amide bonds. The van der Waals surface area contributed by atoms with Crippen molar-refractivity contribution in [2.75, 3.05) is 24.3 Å². The molecule has 0 saturated heterocycles. The van der Waals surface area contributed by atoms with E-state index >= 15 is 0 Å². The van der Waals surface area contributed by atoms with E-state index in [9.17, 15) is 0 Å². The van der Waals surface area contributed by atoms with Crippen molar-refractivity contribution in [2.45, 2.75) is 19.8 Å². The molecule has 0 aliphatic heterocycles. The van der Waals surface area contributed by atoms with Gasteiger partial charge >= 0.3 is 0 Å². The molecule has 100 valence electrons. The Morgan fingerprint density at radius 1 is 0.842 bits per heavy atom. The van der Waals surface area contributed by atoms with Gasteiger partial charge in [0.1, 0.15) is 0 Å². The number of rotatable bonds is 4. The summed E-state index contributed by atoms with van der Waals surface area (Å²) in [5.74, 6) is 0.509. The van der Waals surface area contributed by atoms with Gasteiger partial charge in [-0.2, -0.15) is 0 Å². The van der Waals surface area contributed by atoms with Gasteiger partial charge in [0.15, 0.2) is 0 Å². The number of anilines is 3. The van der Waals surface area contributed by atoms with Crippen molar-refractivity contribution in [3.8, 4) is 0 Å². The Balaban J connectivity index is 2.37. The first-order valence-corrected chi connectivity index (χ1v) is 6.72. The Hall–Kier alpha value is -1.96. The van der Waals surface area contributed by atoms with Crippen molar-refractivity contribution in [1.29, 1.82) is 0 Å². The Morgan fingerprint density at radius 2 is 1.42 bits per heavy atom. The fraction of sp³-hybridized carbons (Fsp3) is 0.294. The van der Waals surface area contributed by atoms with Gasteiger partial charge in [0.05, 0.1) is 11.4 Å². The zero-order valence-corrected chi connectivity index (χ0v) is 12.1. The van der Waals surface area contributed by atoms with Crippen LogP contribution in [0.2, 0.25) is 0 Å². The summed E-state index contributed by atoms with van der Waals surface area (Å²) in [5, 5.41) is 3.56. The molecular weight excluding hydrogens is 232 g/mol. The maximum Gasteiger partial charge on any atom is 0.0621 e. The largest absolute Gasteiger partial charge is 0.376 e. The molecule has 2 aromatic carbocycles. The molecule has 0 spiro atoms. The quantitative estimate of drug-likeness (QED) is 0.856. The van der Waals surface area contributed by atoms with Crippen LogP contribution >= 0.6 is 0 Å². The Labute approximate surface area is 116 Å². The van der Waals surface area contributed by atoms with Crippen molar-refractivity contribution in [1.82, 2.24) is 0 Å². The van der Waals surface area contributed by atoms with Gasteiger partial charge < -0.3 is 10.2 Å². The lowest BCUT2D eigenvalue weighted by Crippen LogP contribution is -2.11. The second-order valence-corrected chi connectivity index (χ2v) is 5.28. The molecule has 0 unspecified atom stereocenters. The van der Waals surface area contributed by atoms with E-state index in [-0.39, 0.29) is 0 Å². The molecule has 2 nitrogen and oxygen atoms in total. The minimum Gasteiger partial charge on any atom is -0.376 e. The summed E-state index contributed by atoms with van der Waals surface area (Å²) in [4.78, 5) is 2.13. The van der Waals surface area contributed by atoms with E-state index < -0.39 is 0 Å². The van der Waals surface area contributed by atoms with E-state index in [0.29, 0.717) is 5.92 Å². The normalized spacial score (nSPS) is 10.6. The summed E-state index contributed by atoms with van der Waals surface area (Å²) in [7, 11) is 4.13. The molecule has 0 radical (unpaired) electrons. The van der Waals surface area contributed by atoms with Gasteiger partial charge in [0.2, 0.25) is 0 Å². The highest BCUT2D eigenvalue weighted by atomic mass is 15.1. The minimum absolute atomic E-state index is 0.509. The van der Waals surface area contributed by atoms with Gasteiger partial charge in [-0.25, -0.2) is 0 Å². The summed E-state index contributed by atoms with van der Waals surface area (Å²) in [5.41, 5.74) is 4.87. The molecule has 0 heterocycles. The lowest BCUT2D eigenvalue weighted by atomic mass is 10.0. The smallest absolute Gasteiger partial charge is 0.0621 e. The first-order chi connectivity index (χ1) is 9.09. The van der Waals surface area contributed by atoms with Crippen LogP contribution in [0.25, 0.3) is 0 Å². The number of nitrogens with one attached hydrogen (secondary N) is 1. The molecule has 0 bridgehead atoms. The lowest BCUT2D eigenvalue weighted by molar-refractivity contribution is 0.869. The molecule has 2 heteroatoms. The molecular formula is C17H22N2. The van der Waals surface area contributed by atoms with E-state index in [2.05, 4.69) is 86.7 Å². The van der Waals surface area contributed by atoms with E-state index in [0.717, 1.165) is 5.69 Å². The standard InChI is InChI=1S/C17H22N2/c1-13(2)14-9-5-6-10-15(14)18-16-11-7-8-12-17(16)19(3)4/h5-13,18H,1-4H3. The fourth-order valence-electron chi connectivity index (χ4n) is 2.23. The molecule has 0 saturated carbocycles. The first kappa shape index (κ1) is 13.5. The molecule has 0 atom stereocenters. The second kappa shape index (κ2) is 5.79. The van der Waals surface area contributed by atoms with Crippen molar-refractivity contribution in [3.05, 3.63) is 54.1 Å². The zero-order valence-electron chi connectivity index (χ0n) is 12.1. The number of benzene rings is 2. The van der Waals surface area contributed by atoms with Gasteiger partial charge in [0.25, 0.3) is 0 Å². The third-order valence-corrected chi connectivity index (χ3v) is 3.24. The number of hydrogen-bond acceptors (Lipinski definition) is 2. The minimum atomic E-state index is 0.509. The van der Waals surface area contributed by atoms with Crippen molar-refractivity contribution in [3.63, 3.8) is 0 Å². The van der Waals surface area contributed by atoms with Gasteiger partial charge in [0, 0.05) is 19.8 Å². The lowest BCUT2D eigenvalue weighted by Gasteiger charge is -2.20. The molecule has 1 N–H and O–H groups in total. The van der Waals surface area contributed by atoms with E-state index in [4.69, 9.17) is 0 Å². The van der Waals surface area contributed by atoms with E-state index in [1.165, 1.54) is 16.9 Å². The summed E-state index contributed by atoms with van der Waals surface area (Å²) in [6, 6.07) is 16.9. The maximum atomic E-state index is 3.56. The zero-order chi connectivity index (χ0) is 13.8. The highest BCUT2D eigenvalue weighted by molar-refractivity contribution is 5.76. The topological polar surface area (TPSA) is 15.3 Å². The van der Waals surface area contributed by atoms with E-state index in [1.54, 1.807) is 0 Å². The Morgan fingerprint density at radius 3 is 2.05 bits per heavy atom. The van der Waals surface area contributed by atoms with Crippen LogP contribution in [0.4, 0.5) is 17.1 Å². The number of hydrogen-bond donors (Lipinski definition) is 1. The SMILES string of the molecule is CC(C)c1ccccc1Nc1ccccc1N(C)C. The molecule has 2 aromatic rings. The highest BCUT2D eigenvalue weighted by Crippen LogP contribution is 2.31. The van der Waals surface area contributed by atoms with Crippen molar-refractivity contribution in [2.24, 2.45) is 0 Å². The van der Waals surface area contributed by atoms with Crippen molar-refractivity contribution >= 4 is 17.1 Å². The monoisotopic (exact) mass is 254 g/mol. The third-order valence-electron chi connectivity index (χ3n) is 3.24. The average molecular weight is 254 g/mol. The number of nitrogens with zero attached hydrogens (tertiary/aromatic N) is 1. The van der Waals surface area contributed by atoms with Gasteiger partial charge in [-0.1, -0.05) is 44.2 Å². The maximum absolute atomic E-state index is 3.56.